The van der Waals surface area contributed by atoms with Gasteiger partial charge in [-0.05, 0) is 32.6 Å². The van der Waals surface area contributed by atoms with Crippen LogP contribution in [0.5, 0.6) is 0 Å². The second kappa shape index (κ2) is 5.18. The molecule has 2 fully saturated rings. The van der Waals surface area contributed by atoms with Crippen LogP contribution in [-0.2, 0) is 9.53 Å². The van der Waals surface area contributed by atoms with Gasteiger partial charge in [-0.3, -0.25) is 4.79 Å². The van der Waals surface area contributed by atoms with E-state index in [0.717, 1.165) is 30.8 Å². The van der Waals surface area contributed by atoms with Gasteiger partial charge in [-0.2, -0.15) is 0 Å². The first-order chi connectivity index (χ1) is 9.60. The van der Waals surface area contributed by atoms with E-state index in [-0.39, 0.29) is 11.9 Å². The molecule has 3 rings (SSSR count). The Morgan fingerprint density at radius 3 is 2.90 bits per heavy atom. The maximum absolute atomic E-state index is 12.8. The smallest absolute Gasteiger partial charge is 0.243 e. The molecule has 1 unspecified atom stereocenters. The van der Waals surface area contributed by atoms with Gasteiger partial charge in [0.25, 0.3) is 0 Å². The standard InChI is InChI=1S/C14H21N3O3/c1-10-9-12(20-16-10)11-3-2-6-17(11)13(18)14(15)4-7-19-8-5-14/h9,11H,2-8,15H2,1H3. The van der Waals surface area contributed by atoms with Gasteiger partial charge in [0, 0.05) is 25.8 Å². The van der Waals surface area contributed by atoms with Gasteiger partial charge < -0.3 is 19.9 Å². The number of carbonyl (C=O) groups is 1. The predicted octanol–water partition coefficient (Wildman–Crippen LogP) is 1.15. The summed E-state index contributed by atoms with van der Waals surface area (Å²) in [5.74, 6) is 0.793. The zero-order chi connectivity index (χ0) is 14.2. The molecule has 2 aliphatic rings. The summed E-state index contributed by atoms with van der Waals surface area (Å²) in [6.07, 6.45) is 3.06. The fourth-order valence-electron chi connectivity index (χ4n) is 3.08. The van der Waals surface area contributed by atoms with Crippen molar-refractivity contribution in [2.24, 2.45) is 5.73 Å². The molecule has 0 radical (unpaired) electrons. The van der Waals surface area contributed by atoms with Crippen LogP contribution in [0.1, 0.15) is 43.2 Å². The Balaban J connectivity index is 1.79. The van der Waals surface area contributed by atoms with Crippen LogP contribution in [0.4, 0.5) is 0 Å². The monoisotopic (exact) mass is 279 g/mol. The second-order valence-corrected chi connectivity index (χ2v) is 5.80. The third-order valence-electron chi connectivity index (χ3n) is 4.30. The quantitative estimate of drug-likeness (QED) is 0.878. The van der Waals surface area contributed by atoms with Crippen LogP contribution >= 0.6 is 0 Å². The molecule has 0 bridgehead atoms. The molecule has 0 saturated carbocycles. The molecule has 2 aliphatic heterocycles. The minimum atomic E-state index is -0.782. The van der Waals surface area contributed by atoms with Crippen molar-refractivity contribution in [3.05, 3.63) is 17.5 Å². The van der Waals surface area contributed by atoms with Crippen LogP contribution < -0.4 is 5.73 Å². The third-order valence-corrected chi connectivity index (χ3v) is 4.30. The highest BCUT2D eigenvalue weighted by Crippen LogP contribution is 2.35. The lowest BCUT2D eigenvalue weighted by atomic mass is 9.89. The van der Waals surface area contributed by atoms with Gasteiger partial charge in [0.05, 0.1) is 17.3 Å². The fourth-order valence-corrected chi connectivity index (χ4v) is 3.08. The summed E-state index contributed by atoms with van der Waals surface area (Å²) in [5, 5.41) is 3.92. The minimum Gasteiger partial charge on any atom is -0.381 e. The first-order valence-electron chi connectivity index (χ1n) is 7.21. The van der Waals surface area contributed by atoms with Gasteiger partial charge in [-0.15, -0.1) is 0 Å². The Morgan fingerprint density at radius 2 is 2.25 bits per heavy atom. The molecule has 0 aromatic carbocycles. The SMILES string of the molecule is Cc1cc(C2CCCN2C(=O)C2(N)CCOCC2)on1. The lowest BCUT2D eigenvalue weighted by molar-refractivity contribution is -0.142. The number of nitrogens with zero attached hydrogens (tertiary/aromatic N) is 2. The molecule has 6 nitrogen and oxygen atoms in total. The molecule has 1 amide bonds. The predicted molar refractivity (Wildman–Crippen MR) is 71.9 cm³/mol. The van der Waals surface area contributed by atoms with Crippen molar-refractivity contribution in [2.45, 2.75) is 44.2 Å². The Hall–Kier alpha value is -1.40. The normalized spacial score (nSPS) is 25.9. The molecule has 3 heterocycles. The average molecular weight is 279 g/mol. The van der Waals surface area contributed by atoms with Crippen LogP contribution in [0.25, 0.3) is 0 Å². The molecular weight excluding hydrogens is 258 g/mol. The molecule has 1 atom stereocenters. The van der Waals surface area contributed by atoms with Crippen molar-refractivity contribution in [3.8, 4) is 0 Å². The van der Waals surface area contributed by atoms with Gasteiger partial charge in [-0.1, -0.05) is 5.16 Å². The Kier molecular flexibility index (Phi) is 3.52. The summed E-state index contributed by atoms with van der Waals surface area (Å²) in [6, 6.07) is 1.88. The van der Waals surface area contributed by atoms with Crippen molar-refractivity contribution in [2.75, 3.05) is 19.8 Å². The van der Waals surface area contributed by atoms with E-state index in [1.165, 1.54) is 0 Å². The molecule has 0 aliphatic carbocycles. The van der Waals surface area contributed by atoms with E-state index in [1.807, 2.05) is 17.9 Å². The van der Waals surface area contributed by atoms with E-state index in [0.29, 0.717) is 26.1 Å². The summed E-state index contributed by atoms with van der Waals surface area (Å²) in [4.78, 5) is 14.7. The third kappa shape index (κ3) is 2.33. The highest BCUT2D eigenvalue weighted by molar-refractivity contribution is 5.86. The molecule has 110 valence electrons. The summed E-state index contributed by atoms with van der Waals surface area (Å²) in [5.41, 5.74) is 6.37. The number of aryl methyl sites for hydroxylation is 1. The lowest BCUT2D eigenvalue weighted by Crippen LogP contribution is -2.57. The van der Waals surface area contributed by atoms with E-state index in [2.05, 4.69) is 5.16 Å². The van der Waals surface area contributed by atoms with Gasteiger partial charge in [0.15, 0.2) is 5.76 Å². The zero-order valence-electron chi connectivity index (χ0n) is 11.8. The topological polar surface area (TPSA) is 81.6 Å². The van der Waals surface area contributed by atoms with Crippen molar-refractivity contribution >= 4 is 5.91 Å². The van der Waals surface area contributed by atoms with Crippen LogP contribution in [0.3, 0.4) is 0 Å². The summed E-state index contributed by atoms with van der Waals surface area (Å²) in [7, 11) is 0. The van der Waals surface area contributed by atoms with Gasteiger partial charge >= 0.3 is 0 Å². The first kappa shape index (κ1) is 13.6. The Bertz CT molecular complexity index is 494. The number of ether oxygens (including phenoxy) is 1. The summed E-state index contributed by atoms with van der Waals surface area (Å²) < 4.78 is 10.7. The highest BCUT2D eigenvalue weighted by Gasteiger charge is 2.43. The zero-order valence-corrected chi connectivity index (χ0v) is 11.8. The second-order valence-electron chi connectivity index (χ2n) is 5.80. The summed E-state index contributed by atoms with van der Waals surface area (Å²) in [6.45, 7) is 3.74. The molecule has 2 saturated heterocycles. The lowest BCUT2D eigenvalue weighted by Gasteiger charge is -2.37. The van der Waals surface area contributed by atoms with Crippen LogP contribution in [-0.4, -0.2) is 41.3 Å². The van der Waals surface area contributed by atoms with Crippen LogP contribution in [0.2, 0.25) is 0 Å². The molecule has 2 N–H and O–H groups in total. The molecule has 1 aromatic heterocycles. The number of carbonyl (C=O) groups excluding carboxylic acids is 1. The van der Waals surface area contributed by atoms with E-state index in [4.69, 9.17) is 15.0 Å². The van der Waals surface area contributed by atoms with E-state index in [9.17, 15) is 4.79 Å². The molecule has 0 spiro atoms. The van der Waals surface area contributed by atoms with Crippen molar-refractivity contribution < 1.29 is 14.1 Å². The van der Waals surface area contributed by atoms with E-state index >= 15 is 0 Å². The number of aromatic nitrogens is 1. The maximum Gasteiger partial charge on any atom is 0.243 e. The number of hydrogen-bond acceptors (Lipinski definition) is 5. The number of nitrogens with two attached hydrogens (primary N) is 1. The average Bonchev–Trinajstić information content (AvgIpc) is 3.07. The number of hydrogen-bond donors (Lipinski definition) is 1. The van der Waals surface area contributed by atoms with Crippen molar-refractivity contribution in [1.29, 1.82) is 0 Å². The van der Waals surface area contributed by atoms with Crippen LogP contribution in [0, 0.1) is 6.92 Å². The van der Waals surface area contributed by atoms with E-state index in [1.54, 1.807) is 0 Å². The van der Waals surface area contributed by atoms with Gasteiger partial charge in [-0.25, -0.2) is 0 Å². The van der Waals surface area contributed by atoms with Crippen molar-refractivity contribution in [1.82, 2.24) is 10.1 Å². The Labute approximate surface area is 118 Å². The first-order valence-corrected chi connectivity index (χ1v) is 7.21. The number of amides is 1. The fraction of sp³-hybridized carbons (Fsp3) is 0.714. The highest BCUT2D eigenvalue weighted by atomic mass is 16.5. The van der Waals surface area contributed by atoms with Crippen molar-refractivity contribution in [3.63, 3.8) is 0 Å². The minimum absolute atomic E-state index is 0.0213. The maximum atomic E-state index is 12.8. The molecular formula is C14H21N3O3. The number of likely N-dealkylation sites (tertiary alicyclic amines) is 1. The molecule has 6 heteroatoms. The van der Waals surface area contributed by atoms with Gasteiger partial charge in [0.1, 0.15) is 0 Å². The van der Waals surface area contributed by atoms with Crippen LogP contribution in [0.15, 0.2) is 10.6 Å². The summed E-state index contributed by atoms with van der Waals surface area (Å²) >= 11 is 0. The molecule has 1 aromatic rings. The van der Waals surface area contributed by atoms with Gasteiger partial charge in [0.2, 0.25) is 5.91 Å². The molecule has 20 heavy (non-hydrogen) atoms. The van der Waals surface area contributed by atoms with E-state index < -0.39 is 5.54 Å². The largest absolute Gasteiger partial charge is 0.381 e. The number of rotatable bonds is 2. The Morgan fingerprint density at radius 1 is 1.50 bits per heavy atom.